The Balaban J connectivity index is 1.44. The maximum atomic E-state index is 13.8. The van der Waals surface area contributed by atoms with Gasteiger partial charge in [-0.25, -0.2) is 14.2 Å². The Morgan fingerprint density at radius 3 is 2.55 bits per heavy atom. The van der Waals surface area contributed by atoms with Gasteiger partial charge in [0.25, 0.3) is 5.91 Å². The summed E-state index contributed by atoms with van der Waals surface area (Å²) in [6.07, 6.45) is -0.0982. The van der Waals surface area contributed by atoms with Gasteiger partial charge in [0.2, 0.25) is 0 Å². The molecule has 6 rings (SSSR count). The smallest absolute Gasteiger partial charge is 0.288 e. The zero-order valence-electron chi connectivity index (χ0n) is 17.4. The Labute approximate surface area is 186 Å². The lowest BCUT2D eigenvalue weighted by Crippen LogP contribution is -2.50. The standard InChI is InChI=1S/C23H19F3N6O/c24-23(25,26)19-13-18(15-6-7-15)30(21-9-11-28-32(19)21)22(33)16-12-20-27-10-8-17(31(20)29-16)14-4-2-1-3-5-14/h1-5,8-12,15,18-19H,6-7,13H2/t18-,19+/m1/s1. The van der Waals surface area contributed by atoms with Crippen LogP contribution in [-0.4, -0.2) is 42.5 Å². The van der Waals surface area contributed by atoms with Gasteiger partial charge in [-0.05, 0) is 31.2 Å². The van der Waals surface area contributed by atoms with Crippen LogP contribution in [0.4, 0.5) is 19.0 Å². The number of benzene rings is 1. The summed E-state index contributed by atoms with van der Waals surface area (Å²) < 4.78 is 43.8. The predicted molar refractivity (Wildman–Crippen MR) is 114 cm³/mol. The number of aromatic nitrogens is 5. The van der Waals surface area contributed by atoms with Gasteiger partial charge in [-0.2, -0.15) is 23.4 Å². The van der Waals surface area contributed by atoms with Crippen LogP contribution in [0.3, 0.4) is 0 Å². The van der Waals surface area contributed by atoms with Crippen LogP contribution < -0.4 is 4.90 Å². The molecule has 3 aromatic heterocycles. The number of hydrogen-bond donors (Lipinski definition) is 0. The van der Waals surface area contributed by atoms with E-state index in [1.807, 2.05) is 30.3 Å². The lowest BCUT2D eigenvalue weighted by molar-refractivity contribution is -0.174. The van der Waals surface area contributed by atoms with Crippen molar-refractivity contribution in [2.24, 2.45) is 5.92 Å². The molecule has 33 heavy (non-hydrogen) atoms. The molecule has 0 N–H and O–H groups in total. The molecular formula is C23H19F3N6O. The number of halogens is 3. The molecule has 1 saturated carbocycles. The van der Waals surface area contributed by atoms with Crippen molar-refractivity contribution in [1.82, 2.24) is 24.4 Å². The Morgan fingerprint density at radius 1 is 1.03 bits per heavy atom. The molecule has 0 bridgehead atoms. The molecule has 10 heteroatoms. The first kappa shape index (κ1) is 20.0. The summed E-state index contributed by atoms with van der Waals surface area (Å²) in [4.78, 5) is 19.5. The van der Waals surface area contributed by atoms with Gasteiger partial charge in [0.15, 0.2) is 17.4 Å². The van der Waals surface area contributed by atoms with E-state index in [2.05, 4.69) is 15.2 Å². The molecule has 2 atom stereocenters. The largest absolute Gasteiger partial charge is 0.410 e. The number of carbonyl (C=O) groups is 1. The van der Waals surface area contributed by atoms with Gasteiger partial charge in [-0.3, -0.25) is 9.69 Å². The van der Waals surface area contributed by atoms with Crippen LogP contribution in [0.15, 0.2) is 60.9 Å². The minimum absolute atomic E-state index is 0.0393. The van der Waals surface area contributed by atoms with Crippen LogP contribution in [0.25, 0.3) is 16.9 Å². The van der Waals surface area contributed by atoms with E-state index in [9.17, 15) is 18.0 Å². The first-order chi connectivity index (χ1) is 15.9. The summed E-state index contributed by atoms with van der Waals surface area (Å²) in [5, 5.41) is 8.42. The van der Waals surface area contributed by atoms with Crippen molar-refractivity contribution in [2.75, 3.05) is 4.90 Å². The highest BCUT2D eigenvalue weighted by Crippen LogP contribution is 2.48. The fourth-order valence-corrected chi connectivity index (χ4v) is 4.70. The minimum atomic E-state index is -4.44. The first-order valence-electron chi connectivity index (χ1n) is 10.8. The van der Waals surface area contributed by atoms with Crippen molar-refractivity contribution in [3.63, 3.8) is 0 Å². The highest BCUT2D eigenvalue weighted by Gasteiger charge is 2.52. The molecule has 168 valence electrons. The first-order valence-corrected chi connectivity index (χ1v) is 10.8. The molecule has 4 heterocycles. The summed E-state index contributed by atoms with van der Waals surface area (Å²) >= 11 is 0. The number of carbonyl (C=O) groups excluding carboxylic acids is 1. The number of fused-ring (bicyclic) bond motifs is 2. The molecule has 0 spiro atoms. The number of anilines is 1. The van der Waals surface area contributed by atoms with Crippen molar-refractivity contribution in [1.29, 1.82) is 0 Å². The number of hydrogen-bond acceptors (Lipinski definition) is 4. The molecule has 0 saturated heterocycles. The molecule has 1 aromatic carbocycles. The van der Waals surface area contributed by atoms with Gasteiger partial charge in [0, 0.05) is 29.9 Å². The van der Waals surface area contributed by atoms with Crippen LogP contribution in [0, 0.1) is 5.92 Å². The van der Waals surface area contributed by atoms with Crippen LogP contribution in [0.1, 0.15) is 35.8 Å². The maximum absolute atomic E-state index is 13.8. The fraction of sp³-hybridized carbons (Fsp3) is 0.304. The second-order valence-corrected chi connectivity index (χ2v) is 8.50. The zero-order chi connectivity index (χ0) is 22.7. The number of amides is 1. The summed E-state index contributed by atoms with van der Waals surface area (Å²) in [5.41, 5.74) is 2.29. The molecule has 1 amide bonds. The average molecular weight is 452 g/mol. The molecule has 0 radical (unpaired) electrons. The summed E-state index contributed by atoms with van der Waals surface area (Å²) in [6.45, 7) is 0. The second-order valence-electron chi connectivity index (χ2n) is 8.50. The lowest BCUT2D eigenvalue weighted by atomic mass is 9.97. The van der Waals surface area contributed by atoms with Gasteiger partial charge in [-0.1, -0.05) is 30.3 Å². The third kappa shape index (κ3) is 3.28. The summed E-state index contributed by atoms with van der Waals surface area (Å²) in [7, 11) is 0. The van der Waals surface area contributed by atoms with Crippen molar-refractivity contribution in [3.05, 3.63) is 66.6 Å². The minimum Gasteiger partial charge on any atom is -0.288 e. The van der Waals surface area contributed by atoms with E-state index in [1.54, 1.807) is 22.8 Å². The van der Waals surface area contributed by atoms with Crippen LogP contribution in [0.5, 0.6) is 0 Å². The SMILES string of the molecule is O=C(c1cc2nccc(-c3ccccc3)n2n1)N1c2ccnn2[C@H](C(F)(F)F)C[C@@H]1C1CC1. The van der Waals surface area contributed by atoms with E-state index < -0.39 is 24.2 Å². The van der Waals surface area contributed by atoms with Crippen molar-refractivity contribution in [2.45, 2.75) is 37.5 Å². The van der Waals surface area contributed by atoms with E-state index in [0.717, 1.165) is 28.8 Å². The molecule has 7 nitrogen and oxygen atoms in total. The van der Waals surface area contributed by atoms with Crippen molar-refractivity contribution >= 4 is 17.4 Å². The molecule has 1 aliphatic carbocycles. The second kappa shape index (κ2) is 7.16. The number of rotatable bonds is 3. The van der Waals surface area contributed by atoms with Gasteiger partial charge in [-0.15, -0.1) is 0 Å². The van der Waals surface area contributed by atoms with Crippen molar-refractivity contribution in [3.8, 4) is 11.3 Å². The van der Waals surface area contributed by atoms with E-state index in [-0.39, 0.29) is 23.9 Å². The van der Waals surface area contributed by atoms with E-state index in [1.165, 1.54) is 17.2 Å². The third-order valence-electron chi connectivity index (χ3n) is 6.40. The van der Waals surface area contributed by atoms with E-state index in [4.69, 9.17) is 0 Å². The summed E-state index contributed by atoms with van der Waals surface area (Å²) in [5.74, 6) is -0.255. The van der Waals surface area contributed by atoms with Crippen LogP contribution in [0.2, 0.25) is 0 Å². The van der Waals surface area contributed by atoms with Gasteiger partial charge in [0.1, 0.15) is 5.82 Å². The number of alkyl halides is 3. The molecule has 2 aliphatic rings. The Hall–Kier alpha value is -3.69. The lowest BCUT2D eigenvalue weighted by Gasteiger charge is -2.40. The van der Waals surface area contributed by atoms with Gasteiger partial charge < -0.3 is 0 Å². The Bertz CT molecular complexity index is 1340. The van der Waals surface area contributed by atoms with Gasteiger partial charge >= 0.3 is 6.18 Å². The van der Waals surface area contributed by atoms with Crippen molar-refractivity contribution < 1.29 is 18.0 Å². The highest BCUT2D eigenvalue weighted by molar-refractivity contribution is 6.05. The Morgan fingerprint density at radius 2 is 1.82 bits per heavy atom. The highest BCUT2D eigenvalue weighted by atomic mass is 19.4. The predicted octanol–water partition coefficient (Wildman–Crippen LogP) is 4.53. The molecule has 1 fully saturated rings. The van der Waals surface area contributed by atoms with Crippen LogP contribution in [-0.2, 0) is 0 Å². The summed E-state index contributed by atoms with van der Waals surface area (Å²) in [6, 6.07) is 12.1. The fourth-order valence-electron chi connectivity index (χ4n) is 4.70. The molecule has 4 aromatic rings. The van der Waals surface area contributed by atoms with Gasteiger partial charge in [0.05, 0.1) is 11.9 Å². The topological polar surface area (TPSA) is 68.3 Å². The quantitative estimate of drug-likeness (QED) is 0.458. The molecule has 0 unspecified atom stereocenters. The normalized spacial score (nSPS) is 20.8. The maximum Gasteiger partial charge on any atom is 0.410 e. The number of nitrogens with zero attached hydrogens (tertiary/aromatic N) is 6. The molecular weight excluding hydrogens is 433 g/mol. The zero-order valence-corrected chi connectivity index (χ0v) is 17.4. The van der Waals surface area contributed by atoms with Crippen LogP contribution >= 0.6 is 0 Å². The Kier molecular flexibility index (Phi) is 4.33. The third-order valence-corrected chi connectivity index (χ3v) is 6.40. The monoisotopic (exact) mass is 452 g/mol. The average Bonchev–Trinajstić information content (AvgIpc) is 3.37. The van der Waals surface area contributed by atoms with E-state index >= 15 is 0 Å². The van der Waals surface area contributed by atoms with E-state index in [0.29, 0.717) is 5.65 Å². The molecule has 1 aliphatic heterocycles.